The van der Waals surface area contributed by atoms with Crippen LogP contribution in [0, 0.1) is 59.2 Å². The fraction of sp³-hybridized carbons (Fsp3) is 1.00. The van der Waals surface area contributed by atoms with Crippen molar-refractivity contribution in [1.82, 2.24) is 0 Å². The molecule has 0 saturated heterocycles. The van der Waals surface area contributed by atoms with Crippen molar-refractivity contribution in [2.24, 2.45) is 59.2 Å². The molecule has 0 heterocycles. The molecule has 11 unspecified atom stereocenters. The molecular weight excluding hydrogens is 236 g/mol. The molecule has 11 atom stereocenters. The largest absolute Gasteiger partial charge is 0.117 e. The van der Waals surface area contributed by atoms with Gasteiger partial charge in [-0.1, -0.05) is 0 Å². The van der Waals surface area contributed by atoms with Crippen LogP contribution in [0.2, 0.25) is 0 Å². The molecule has 0 N–H and O–H groups in total. The van der Waals surface area contributed by atoms with Gasteiger partial charge >= 0.3 is 0 Å². The highest BCUT2D eigenvalue weighted by atomic mass is 32.1. The molecule has 0 aliphatic heterocycles. The van der Waals surface area contributed by atoms with Crippen LogP contribution < -0.4 is 0 Å². The highest BCUT2D eigenvalue weighted by molar-refractivity contribution is 7.59. The topological polar surface area (TPSA) is 0 Å². The van der Waals surface area contributed by atoms with Crippen LogP contribution >= 0.6 is 0 Å². The van der Waals surface area contributed by atoms with Gasteiger partial charge in [-0.05, 0) is 104 Å². The summed E-state index contributed by atoms with van der Waals surface area (Å²) >= 11 is 4.07. The number of fused-ring (bicyclic) bond motifs is 16. The first-order chi connectivity index (χ1) is 8.83. The van der Waals surface area contributed by atoms with E-state index in [0.717, 1.165) is 17.1 Å². The summed E-state index contributed by atoms with van der Waals surface area (Å²) in [5.74, 6) is 11.8. The van der Waals surface area contributed by atoms with Gasteiger partial charge in [-0.2, -0.15) is 0 Å². The summed E-state index contributed by atoms with van der Waals surface area (Å²) in [6, 6.07) is 0. The summed E-state index contributed by atoms with van der Waals surface area (Å²) < 4.78 is 0. The van der Waals surface area contributed by atoms with Crippen LogP contribution in [0.25, 0.3) is 0 Å². The fourth-order valence-electron chi connectivity index (χ4n) is 8.79. The van der Waals surface area contributed by atoms with Crippen LogP contribution in [-0.4, -0.2) is 5.25 Å². The van der Waals surface area contributed by atoms with Crippen molar-refractivity contribution in [2.75, 3.05) is 0 Å². The Morgan fingerprint density at radius 1 is 0.556 bits per heavy atom. The Kier molecular flexibility index (Phi) is 1.69. The lowest BCUT2D eigenvalue weighted by molar-refractivity contribution is 0.0282. The summed E-state index contributed by atoms with van der Waals surface area (Å²) in [6.07, 6.45) is 9.67. The molecule has 0 nitrogen and oxygen atoms in total. The van der Waals surface area contributed by atoms with E-state index in [9.17, 15) is 0 Å². The van der Waals surface area contributed by atoms with Gasteiger partial charge in [0.25, 0.3) is 0 Å². The van der Waals surface area contributed by atoms with Gasteiger partial charge in [-0.15, -0.1) is 0 Å². The van der Waals surface area contributed by atoms with Crippen molar-refractivity contribution in [3.63, 3.8) is 0 Å². The predicted molar refractivity (Wildman–Crippen MR) is 76.5 cm³/mol. The molecule has 6 fully saturated rings. The van der Waals surface area contributed by atoms with Crippen molar-refractivity contribution in [1.29, 1.82) is 0 Å². The second-order valence-electron chi connectivity index (χ2n) is 8.71. The Labute approximate surface area is 116 Å². The van der Waals surface area contributed by atoms with Crippen LogP contribution in [0.15, 0.2) is 0 Å². The molecule has 18 heavy (non-hydrogen) atoms. The molecule has 0 radical (unpaired) electrons. The van der Waals surface area contributed by atoms with Gasteiger partial charge in [0.2, 0.25) is 0 Å². The van der Waals surface area contributed by atoms with Crippen molar-refractivity contribution >= 4 is 12.6 Å². The molecule has 0 aromatic carbocycles. The van der Waals surface area contributed by atoms with Gasteiger partial charge in [-0.25, -0.2) is 0 Å². The lowest BCUT2D eigenvalue weighted by atomic mass is 9.60. The summed E-state index contributed by atoms with van der Waals surface area (Å²) in [7, 11) is 0. The van der Waals surface area contributed by atoms with Crippen molar-refractivity contribution in [3.8, 4) is 0 Å². The van der Waals surface area contributed by atoms with E-state index >= 15 is 0 Å². The van der Waals surface area contributed by atoms with E-state index in [1.165, 1.54) is 53.8 Å². The fourth-order valence-corrected chi connectivity index (χ4v) is 9.46. The Hall–Kier alpha value is 0.350. The molecule has 6 aliphatic carbocycles. The zero-order chi connectivity index (χ0) is 11.6. The molecule has 0 spiro atoms. The van der Waals surface area contributed by atoms with E-state index < -0.39 is 0 Å². The molecule has 0 aromatic heterocycles. The Morgan fingerprint density at radius 2 is 1.22 bits per heavy atom. The van der Waals surface area contributed by atoms with E-state index in [1.807, 2.05) is 0 Å². The first-order valence-corrected chi connectivity index (χ1v) is 9.12. The molecule has 6 saturated carbocycles. The zero-order valence-electron chi connectivity index (χ0n) is 11.1. The number of hydrogen-bond donors (Lipinski definition) is 0. The van der Waals surface area contributed by atoms with Gasteiger partial charge < -0.3 is 0 Å². The van der Waals surface area contributed by atoms with E-state index in [4.69, 9.17) is 0 Å². The molecule has 0 amide bonds. The third-order valence-corrected chi connectivity index (χ3v) is 9.36. The van der Waals surface area contributed by atoms with E-state index in [2.05, 4.69) is 12.6 Å². The Morgan fingerprint density at radius 3 is 2.00 bits per heavy atom. The molecule has 6 rings (SSSR count). The van der Waals surface area contributed by atoms with Crippen molar-refractivity contribution < 1.29 is 0 Å². The maximum absolute atomic E-state index is 4.07. The quantitative estimate of drug-likeness (QED) is 0.464. The van der Waals surface area contributed by atoms with Crippen LogP contribution in [0.1, 0.15) is 38.5 Å². The lowest BCUT2D eigenvalue weighted by Crippen LogP contribution is -2.43. The second kappa shape index (κ2) is 3.00. The molecule has 98 valence electrons. The van der Waals surface area contributed by atoms with Gasteiger partial charge in [0, 0.05) is 5.92 Å². The predicted octanol–water partition coefficient (Wildman–Crippen LogP) is 2.95. The van der Waals surface area contributed by atoms with E-state index in [1.54, 1.807) is 32.1 Å². The van der Waals surface area contributed by atoms with Crippen LogP contribution in [0.5, 0.6) is 0 Å². The summed E-state index contributed by atoms with van der Waals surface area (Å²) in [5, 5.41) is 0.896. The first kappa shape index (κ1) is 10.1. The second-order valence-corrected chi connectivity index (χ2v) is 9.45. The maximum Gasteiger partial charge on any atom is 0.117 e. The monoisotopic (exact) mass is 261 g/mol. The first-order valence-electron chi connectivity index (χ1n) is 8.54. The van der Waals surface area contributed by atoms with Crippen molar-refractivity contribution in [2.45, 2.75) is 43.8 Å². The van der Waals surface area contributed by atoms with Crippen molar-refractivity contribution in [3.05, 3.63) is 0 Å². The SMILES string of the molecule is [SH2+]C1CC2CC1C1C3CC(C4C5CCC(C5)C34)C21. The number of hydrogen-bond acceptors (Lipinski definition) is 0. The third kappa shape index (κ3) is 0.902. The molecule has 1 heteroatoms. The smallest absolute Gasteiger partial charge is 0.0499 e. The van der Waals surface area contributed by atoms with Gasteiger partial charge in [0.1, 0.15) is 5.25 Å². The average Bonchev–Trinajstić information content (AvgIpc) is 3.14. The highest BCUT2D eigenvalue weighted by Crippen LogP contribution is 2.76. The summed E-state index contributed by atoms with van der Waals surface area (Å²) in [6.45, 7) is 0. The third-order valence-electron chi connectivity index (χ3n) is 8.70. The minimum absolute atomic E-state index is 0.896. The van der Waals surface area contributed by atoms with Crippen LogP contribution in [-0.2, 0) is 12.6 Å². The normalized spacial score (nSPS) is 74.2. The number of rotatable bonds is 0. The van der Waals surface area contributed by atoms with Gasteiger partial charge in [-0.3, -0.25) is 0 Å². The standard InChI is InChI=1S/C17H24S/c18-13-5-9-4-10(13)17-12-6-11(16(9)17)14-7-1-2-8(3-7)15(12)14/h7-18H,1-6H2/p+1. The Bertz CT molecular complexity index is 418. The van der Waals surface area contributed by atoms with E-state index in [0.29, 0.717) is 0 Å². The molecule has 6 bridgehead atoms. The molecule has 0 aromatic rings. The van der Waals surface area contributed by atoms with Crippen LogP contribution in [0.3, 0.4) is 0 Å². The molecular formula is C17H25S+. The molecule has 6 aliphatic rings. The lowest BCUT2D eigenvalue weighted by Gasteiger charge is -2.45. The Balaban J connectivity index is 1.45. The van der Waals surface area contributed by atoms with Crippen LogP contribution in [0.4, 0.5) is 0 Å². The highest BCUT2D eigenvalue weighted by Gasteiger charge is 2.71. The van der Waals surface area contributed by atoms with E-state index in [-0.39, 0.29) is 0 Å². The average molecular weight is 261 g/mol. The summed E-state index contributed by atoms with van der Waals surface area (Å²) in [4.78, 5) is 0. The minimum Gasteiger partial charge on any atom is -0.0499 e. The zero-order valence-corrected chi connectivity index (χ0v) is 12.1. The van der Waals surface area contributed by atoms with Gasteiger partial charge in [0.15, 0.2) is 0 Å². The minimum atomic E-state index is 0.896. The van der Waals surface area contributed by atoms with Gasteiger partial charge in [0.05, 0.1) is 0 Å². The maximum atomic E-state index is 4.07. The summed E-state index contributed by atoms with van der Waals surface area (Å²) in [5.41, 5.74) is 0.